The van der Waals surface area contributed by atoms with Gasteiger partial charge in [-0.15, -0.1) is 0 Å². The third-order valence-electron chi connectivity index (χ3n) is 5.21. The van der Waals surface area contributed by atoms with Crippen LogP contribution in [-0.2, 0) is 32.4 Å². The summed E-state index contributed by atoms with van der Waals surface area (Å²) < 4.78 is 46.6. The lowest BCUT2D eigenvalue weighted by atomic mass is 10.1. The summed E-state index contributed by atoms with van der Waals surface area (Å²) in [6.45, 7) is 6.00. The van der Waals surface area contributed by atoms with Crippen molar-refractivity contribution in [3.63, 3.8) is 0 Å². The molecule has 0 heterocycles. The number of benzene rings is 2. The fourth-order valence-electron chi connectivity index (χ4n) is 3.10. The van der Waals surface area contributed by atoms with Gasteiger partial charge in [0.2, 0.25) is 5.91 Å². The molecule has 9 heteroatoms. The first-order chi connectivity index (χ1) is 15.0. The molecule has 0 aliphatic rings. The summed E-state index contributed by atoms with van der Waals surface area (Å²) in [4.78, 5) is 24.2. The number of rotatable bonds is 11. The van der Waals surface area contributed by atoms with Crippen molar-refractivity contribution in [1.29, 1.82) is 0 Å². The molecule has 0 spiro atoms. The maximum absolute atomic E-state index is 14.8. The average molecular weight is 532 g/mol. The third kappa shape index (κ3) is 6.70. The van der Waals surface area contributed by atoms with Crippen LogP contribution in [-0.4, -0.2) is 34.9 Å². The fraction of sp³-hybridized carbons (Fsp3) is 0.435. The topological polar surface area (TPSA) is 66.8 Å². The second-order valence-corrected chi connectivity index (χ2v) is 10.3. The molecule has 0 fully saturated rings. The standard InChI is InChI=1S/C23H29BrF2NO4P/c1-4-17(3)31-32(29,30)23(25,26)20-12-11-19(15-21(20)24)13-14-27(5-2)22(28)16-18-9-7-6-8-10-18/h6-12,15,17H,4-5,13-14,16H2,1-3H3,(H,29,30). The molecule has 0 aliphatic heterocycles. The maximum Gasteiger partial charge on any atom is 0.402 e. The zero-order valence-corrected chi connectivity index (χ0v) is 20.9. The summed E-state index contributed by atoms with van der Waals surface area (Å²) in [6.07, 6.45) is 0.311. The summed E-state index contributed by atoms with van der Waals surface area (Å²) in [5.41, 5.74) is -3.02. The van der Waals surface area contributed by atoms with Gasteiger partial charge in [-0.25, -0.2) is 0 Å². The highest BCUT2D eigenvalue weighted by Gasteiger charge is 2.54. The largest absolute Gasteiger partial charge is 0.402 e. The van der Waals surface area contributed by atoms with Crippen LogP contribution in [0.4, 0.5) is 8.78 Å². The normalized spacial score (nSPS) is 14.6. The van der Waals surface area contributed by atoms with Crippen molar-refractivity contribution >= 4 is 29.4 Å². The number of nitrogens with zero attached hydrogens (tertiary/aromatic N) is 1. The van der Waals surface area contributed by atoms with Crippen LogP contribution in [0, 0.1) is 0 Å². The average Bonchev–Trinajstić information content (AvgIpc) is 2.74. The molecule has 1 amide bonds. The van der Waals surface area contributed by atoms with Gasteiger partial charge >= 0.3 is 13.3 Å². The van der Waals surface area contributed by atoms with Crippen molar-refractivity contribution in [2.75, 3.05) is 13.1 Å². The predicted molar refractivity (Wildman–Crippen MR) is 125 cm³/mol. The van der Waals surface area contributed by atoms with E-state index in [2.05, 4.69) is 15.9 Å². The van der Waals surface area contributed by atoms with Gasteiger partial charge in [0.15, 0.2) is 0 Å². The Morgan fingerprint density at radius 3 is 2.41 bits per heavy atom. The Morgan fingerprint density at radius 2 is 1.84 bits per heavy atom. The van der Waals surface area contributed by atoms with E-state index in [0.29, 0.717) is 32.4 Å². The SMILES string of the molecule is CCC(C)OP(=O)(O)C(F)(F)c1ccc(CCN(CC)C(=O)Cc2ccccc2)cc1Br. The first kappa shape index (κ1) is 26.7. The lowest BCUT2D eigenvalue weighted by Gasteiger charge is -2.26. The van der Waals surface area contributed by atoms with Gasteiger partial charge in [0.1, 0.15) is 0 Å². The van der Waals surface area contributed by atoms with Crippen molar-refractivity contribution in [2.24, 2.45) is 0 Å². The van der Waals surface area contributed by atoms with E-state index < -0.39 is 24.9 Å². The first-order valence-corrected chi connectivity index (χ1v) is 12.9. The van der Waals surface area contributed by atoms with Crippen LogP contribution in [0.15, 0.2) is 53.0 Å². The number of hydrogen-bond acceptors (Lipinski definition) is 3. The summed E-state index contributed by atoms with van der Waals surface area (Å²) in [5, 5.41) is 0. The van der Waals surface area contributed by atoms with Crippen LogP contribution in [0.5, 0.6) is 0 Å². The van der Waals surface area contributed by atoms with E-state index >= 15 is 0 Å². The zero-order chi connectivity index (χ0) is 23.9. The Morgan fingerprint density at radius 1 is 1.19 bits per heavy atom. The molecule has 0 aliphatic carbocycles. The van der Waals surface area contributed by atoms with Gasteiger partial charge < -0.3 is 14.3 Å². The Kier molecular flexibility index (Phi) is 9.58. The van der Waals surface area contributed by atoms with Crippen molar-refractivity contribution in [3.8, 4) is 0 Å². The van der Waals surface area contributed by atoms with Crippen LogP contribution in [0.3, 0.4) is 0 Å². The highest BCUT2D eigenvalue weighted by Crippen LogP contribution is 2.64. The Hall–Kier alpha value is -1.60. The highest BCUT2D eigenvalue weighted by atomic mass is 79.9. The lowest BCUT2D eigenvalue weighted by molar-refractivity contribution is -0.130. The van der Waals surface area contributed by atoms with Gasteiger partial charge in [0.05, 0.1) is 12.5 Å². The molecule has 0 radical (unpaired) electrons. The molecule has 2 aromatic carbocycles. The third-order valence-corrected chi connectivity index (χ3v) is 7.47. The Balaban J connectivity index is 2.09. The van der Waals surface area contributed by atoms with Gasteiger partial charge in [-0.3, -0.25) is 9.36 Å². The predicted octanol–water partition coefficient (Wildman–Crippen LogP) is 6.13. The van der Waals surface area contributed by atoms with E-state index in [1.54, 1.807) is 11.8 Å². The Labute approximate surface area is 196 Å². The molecule has 1 N–H and O–H groups in total. The maximum atomic E-state index is 14.8. The molecule has 0 saturated heterocycles. The summed E-state index contributed by atoms with van der Waals surface area (Å²) in [7, 11) is -5.23. The highest BCUT2D eigenvalue weighted by molar-refractivity contribution is 9.10. The van der Waals surface area contributed by atoms with Crippen molar-refractivity contribution < 1.29 is 27.6 Å². The molecular formula is C23H29BrF2NO4P. The quantitative estimate of drug-likeness (QED) is 0.354. The lowest BCUT2D eigenvalue weighted by Crippen LogP contribution is -2.33. The number of hydrogen-bond donors (Lipinski definition) is 1. The van der Waals surface area contributed by atoms with Gasteiger partial charge in [-0.2, -0.15) is 8.78 Å². The molecule has 0 aromatic heterocycles. The molecule has 5 nitrogen and oxygen atoms in total. The van der Waals surface area contributed by atoms with E-state index in [1.807, 2.05) is 37.3 Å². The van der Waals surface area contributed by atoms with Crippen molar-refractivity contribution in [3.05, 3.63) is 69.7 Å². The van der Waals surface area contributed by atoms with E-state index in [-0.39, 0.29) is 10.4 Å². The molecule has 2 atom stereocenters. The zero-order valence-electron chi connectivity index (χ0n) is 18.4. The monoisotopic (exact) mass is 531 g/mol. The Bertz CT molecular complexity index is 958. The van der Waals surface area contributed by atoms with Crippen molar-refractivity contribution in [2.45, 2.75) is 51.8 Å². The van der Waals surface area contributed by atoms with Crippen molar-refractivity contribution in [1.82, 2.24) is 4.90 Å². The molecule has 0 saturated carbocycles. The number of carbonyl (C=O) groups excluding carboxylic acids is 1. The second-order valence-electron chi connectivity index (χ2n) is 7.59. The van der Waals surface area contributed by atoms with Crippen LogP contribution < -0.4 is 0 Å². The van der Waals surface area contributed by atoms with Crippen LogP contribution >= 0.6 is 23.5 Å². The van der Waals surface area contributed by atoms with Crippen LogP contribution in [0.1, 0.15) is 43.9 Å². The minimum atomic E-state index is -5.23. The number of likely N-dealkylation sites (N-methyl/N-ethyl adjacent to an activating group) is 1. The molecular weight excluding hydrogens is 503 g/mol. The first-order valence-electron chi connectivity index (χ1n) is 10.5. The summed E-state index contributed by atoms with van der Waals surface area (Å²) in [6, 6.07) is 13.5. The van der Waals surface area contributed by atoms with Crippen LogP contribution in [0.25, 0.3) is 0 Å². The molecule has 2 rings (SSSR count). The molecule has 176 valence electrons. The number of carbonyl (C=O) groups is 1. The fourth-order valence-corrected chi connectivity index (χ4v) is 5.20. The van der Waals surface area contributed by atoms with Gasteiger partial charge in [0, 0.05) is 23.1 Å². The molecule has 2 aromatic rings. The minimum absolute atomic E-state index is 0.00988. The van der Waals surface area contributed by atoms with E-state index in [4.69, 9.17) is 4.52 Å². The number of amides is 1. The second kappa shape index (κ2) is 11.5. The van der Waals surface area contributed by atoms with E-state index in [1.165, 1.54) is 19.1 Å². The number of alkyl halides is 2. The van der Waals surface area contributed by atoms with Gasteiger partial charge in [0.25, 0.3) is 0 Å². The minimum Gasteiger partial charge on any atom is -0.342 e. The van der Waals surface area contributed by atoms with E-state index in [0.717, 1.165) is 17.2 Å². The summed E-state index contributed by atoms with van der Waals surface area (Å²) in [5.74, 6) is -0.00988. The molecule has 2 unspecified atom stereocenters. The summed E-state index contributed by atoms with van der Waals surface area (Å²) >= 11 is 3.11. The van der Waals surface area contributed by atoms with E-state index in [9.17, 15) is 23.0 Å². The molecule has 0 bridgehead atoms. The van der Waals surface area contributed by atoms with Gasteiger partial charge in [-0.1, -0.05) is 65.3 Å². The smallest absolute Gasteiger partial charge is 0.342 e. The number of halogens is 3. The van der Waals surface area contributed by atoms with Crippen LogP contribution in [0.2, 0.25) is 0 Å². The molecule has 32 heavy (non-hydrogen) atoms. The van der Waals surface area contributed by atoms with Gasteiger partial charge in [-0.05, 0) is 43.9 Å².